The summed E-state index contributed by atoms with van der Waals surface area (Å²) in [7, 11) is 0. The van der Waals surface area contributed by atoms with E-state index >= 15 is 0 Å². The van der Waals surface area contributed by atoms with Crippen molar-refractivity contribution in [3.05, 3.63) is 47.5 Å². The Kier molecular flexibility index (Phi) is 11.9. The summed E-state index contributed by atoms with van der Waals surface area (Å²) in [5.74, 6) is 0.109. The van der Waals surface area contributed by atoms with Crippen molar-refractivity contribution in [3.8, 4) is 0 Å². The lowest BCUT2D eigenvalue weighted by Gasteiger charge is -2.11. The zero-order valence-corrected chi connectivity index (χ0v) is 17.8. The number of alkyl halides is 4. The van der Waals surface area contributed by atoms with Crippen LogP contribution in [0, 0.1) is 0 Å². The van der Waals surface area contributed by atoms with Gasteiger partial charge in [0.15, 0.2) is 17.8 Å². The van der Waals surface area contributed by atoms with Gasteiger partial charge in [0.25, 0.3) is 0 Å². The summed E-state index contributed by atoms with van der Waals surface area (Å²) >= 11 is 0. The number of halogens is 4. The zero-order chi connectivity index (χ0) is 22.5. The van der Waals surface area contributed by atoms with E-state index in [1.165, 1.54) is 50.1 Å². The summed E-state index contributed by atoms with van der Waals surface area (Å²) in [4.78, 5) is 15.2. The van der Waals surface area contributed by atoms with Crippen LogP contribution in [-0.4, -0.2) is 27.2 Å². The van der Waals surface area contributed by atoms with Gasteiger partial charge in [0.2, 0.25) is 5.82 Å². The molecule has 4 nitrogen and oxygen atoms in total. The highest BCUT2D eigenvalue weighted by Crippen LogP contribution is 2.39. The number of fused-ring (bicyclic) bond motifs is 1. The van der Waals surface area contributed by atoms with Crippen LogP contribution in [0.3, 0.4) is 0 Å². The second kappa shape index (κ2) is 13.9. The van der Waals surface area contributed by atoms with Gasteiger partial charge in [-0.2, -0.15) is 13.2 Å². The van der Waals surface area contributed by atoms with Crippen molar-refractivity contribution in [2.75, 3.05) is 0 Å². The third kappa shape index (κ3) is 8.63. The van der Waals surface area contributed by atoms with Crippen LogP contribution >= 0.6 is 0 Å². The van der Waals surface area contributed by atoms with Crippen molar-refractivity contribution in [2.24, 2.45) is 0 Å². The number of carbonyl (C=O) groups is 1. The molecule has 0 bridgehead atoms. The lowest BCUT2D eigenvalue weighted by atomic mass is 10.0. The lowest BCUT2D eigenvalue weighted by molar-refractivity contribution is 0.00818. The fourth-order valence-electron chi connectivity index (χ4n) is 3.13. The van der Waals surface area contributed by atoms with E-state index in [2.05, 4.69) is 23.9 Å². The smallest absolute Gasteiger partial charge is 0.291 e. The predicted octanol–water partition coefficient (Wildman–Crippen LogP) is 7.03. The van der Waals surface area contributed by atoms with Crippen molar-refractivity contribution in [1.29, 1.82) is 0 Å². The Hall–Kier alpha value is -2.25. The Balaban J connectivity index is 0.000000315. The van der Waals surface area contributed by atoms with Gasteiger partial charge < -0.3 is 0 Å². The quantitative estimate of drug-likeness (QED) is 0.270. The van der Waals surface area contributed by atoms with E-state index in [0.29, 0.717) is 6.42 Å². The third-order valence-corrected chi connectivity index (χ3v) is 4.62. The van der Waals surface area contributed by atoms with Crippen LogP contribution in [0.2, 0.25) is 0 Å². The van der Waals surface area contributed by atoms with Gasteiger partial charge in [0.1, 0.15) is 0 Å². The van der Waals surface area contributed by atoms with Gasteiger partial charge in [-0.25, -0.2) is 14.1 Å². The molecule has 0 spiro atoms. The van der Waals surface area contributed by atoms with E-state index in [1.807, 2.05) is 30.3 Å². The van der Waals surface area contributed by atoms with E-state index in [-0.39, 0.29) is 23.5 Å². The number of hydrogen-bond acceptors (Lipinski definition) is 3. The number of rotatable bonds is 7. The number of Topliss-reactive ketones (excluding diaryl/α,β-unsaturated/α-hetero) is 1. The first-order chi connectivity index (χ1) is 14.3. The summed E-state index contributed by atoms with van der Waals surface area (Å²) in [5.41, 5.74) is 0.985. The summed E-state index contributed by atoms with van der Waals surface area (Å²) in [6, 6.07) is 9.42. The molecule has 1 aromatic heterocycles. The summed E-state index contributed by atoms with van der Waals surface area (Å²) < 4.78 is 44.4. The van der Waals surface area contributed by atoms with Gasteiger partial charge >= 0.3 is 6.68 Å². The fraction of sp³-hybridized carbons (Fsp3) is 0.591. The zero-order valence-electron chi connectivity index (χ0n) is 17.8. The average Bonchev–Trinajstić information content (AvgIpc) is 3.27. The van der Waals surface area contributed by atoms with Crippen LogP contribution in [0.25, 0.3) is 0 Å². The van der Waals surface area contributed by atoms with E-state index in [1.54, 1.807) is 0 Å². The highest BCUT2D eigenvalue weighted by Gasteiger charge is 2.35. The van der Waals surface area contributed by atoms with Crippen LogP contribution in [0.15, 0.2) is 30.3 Å². The molecule has 1 aliphatic heterocycles. The molecule has 2 atom stereocenters. The van der Waals surface area contributed by atoms with E-state index in [4.69, 9.17) is 0 Å². The van der Waals surface area contributed by atoms with E-state index < -0.39 is 12.9 Å². The molecular formula is C22H31F4N3O. The molecule has 3 rings (SSSR count). The van der Waals surface area contributed by atoms with Crippen LogP contribution in [0.1, 0.15) is 99.9 Å². The maximum Gasteiger partial charge on any atom is 0.379 e. The number of unbranched alkanes of at least 4 members (excludes halogenated alkanes) is 5. The standard InChI is InChI=1S/C13H12FN3O.C8H18.CHF3/c1-8(18)12-15-13-10(14)7-11(17(13)16-12)9-5-3-2-4-6-9;1-3-5-7-8-6-4-2;2-1(3)4/h2-6,10-11H,7H2,1H3;3-8H2,1-2H3;1H. The highest BCUT2D eigenvalue weighted by molar-refractivity contribution is 5.90. The van der Waals surface area contributed by atoms with Gasteiger partial charge in [0, 0.05) is 13.3 Å². The van der Waals surface area contributed by atoms with Crippen LogP contribution in [0.4, 0.5) is 17.6 Å². The predicted molar refractivity (Wildman–Crippen MR) is 109 cm³/mol. The van der Waals surface area contributed by atoms with Crippen molar-refractivity contribution in [3.63, 3.8) is 0 Å². The normalized spacial score (nSPS) is 16.9. The van der Waals surface area contributed by atoms with Crippen molar-refractivity contribution in [2.45, 2.75) is 84.6 Å². The maximum absolute atomic E-state index is 13.9. The minimum absolute atomic E-state index is 0.0910. The summed E-state index contributed by atoms with van der Waals surface area (Å²) in [5, 5.41) is 4.11. The molecule has 0 saturated heterocycles. The van der Waals surface area contributed by atoms with Gasteiger partial charge in [-0.3, -0.25) is 4.79 Å². The minimum atomic E-state index is -3.67. The lowest BCUT2D eigenvalue weighted by Crippen LogP contribution is -2.08. The second-order valence-electron chi connectivity index (χ2n) is 7.09. The molecule has 2 aromatic rings. The Morgan fingerprint density at radius 2 is 1.60 bits per heavy atom. The fourth-order valence-corrected chi connectivity index (χ4v) is 3.13. The van der Waals surface area contributed by atoms with Crippen molar-refractivity contribution in [1.82, 2.24) is 14.8 Å². The average molecular weight is 430 g/mol. The van der Waals surface area contributed by atoms with Crippen LogP contribution < -0.4 is 0 Å². The van der Waals surface area contributed by atoms with Crippen molar-refractivity contribution >= 4 is 5.78 Å². The molecule has 168 valence electrons. The third-order valence-electron chi connectivity index (χ3n) is 4.62. The Morgan fingerprint density at radius 3 is 2.07 bits per heavy atom. The van der Waals surface area contributed by atoms with Crippen molar-refractivity contribution < 1.29 is 22.4 Å². The number of nitrogens with zero attached hydrogens (tertiary/aromatic N) is 3. The summed E-state index contributed by atoms with van der Waals surface area (Å²) in [6.07, 6.45) is 7.66. The molecule has 8 heteroatoms. The number of ketones is 1. The maximum atomic E-state index is 13.9. The number of hydrogen-bond donors (Lipinski definition) is 0. The SMILES string of the molecule is CC(=O)c1nc2n(n1)C(c1ccccc1)CC2F.CCCCCCCC.FC(F)F. The Morgan fingerprint density at radius 1 is 1.07 bits per heavy atom. The molecule has 0 radical (unpaired) electrons. The first-order valence-corrected chi connectivity index (χ1v) is 10.4. The Bertz CT molecular complexity index is 728. The van der Waals surface area contributed by atoms with Gasteiger partial charge in [-0.05, 0) is 5.56 Å². The molecule has 0 saturated carbocycles. The number of carbonyl (C=O) groups excluding carboxylic acids is 1. The number of benzene rings is 1. The van der Waals surface area contributed by atoms with Gasteiger partial charge in [0.05, 0.1) is 6.04 Å². The first-order valence-electron chi connectivity index (χ1n) is 10.4. The molecule has 2 unspecified atom stereocenters. The second-order valence-corrected chi connectivity index (χ2v) is 7.09. The van der Waals surface area contributed by atoms with Crippen LogP contribution in [-0.2, 0) is 0 Å². The molecule has 2 heterocycles. The monoisotopic (exact) mass is 429 g/mol. The van der Waals surface area contributed by atoms with E-state index in [9.17, 15) is 22.4 Å². The molecule has 1 aromatic carbocycles. The van der Waals surface area contributed by atoms with E-state index in [0.717, 1.165) is 5.56 Å². The molecule has 0 N–H and O–H groups in total. The Labute approximate surface area is 175 Å². The van der Waals surface area contributed by atoms with Crippen LogP contribution in [0.5, 0.6) is 0 Å². The molecule has 0 fully saturated rings. The minimum Gasteiger partial charge on any atom is -0.291 e. The molecular weight excluding hydrogens is 398 g/mol. The molecule has 0 amide bonds. The largest absolute Gasteiger partial charge is 0.379 e. The van der Waals surface area contributed by atoms with Gasteiger partial charge in [-0.1, -0.05) is 82.7 Å². The number of aromatic nitrogens is 3. The molecule has 0 aliphatic carbocycles. The summed E-state index contributed by atoms with van der Waals surface area (Å²) in [6.45, 7) is 2.23. The molecule has 1 aliphatic rings. The first kappa shape index (κ1) is 25.8. The topological polar surface area (TPSA) is 47.8 Å². The van der Waals surface area contributed by atoms with Gasteiger partial charge in [-0.15, -0.1) is 5.10 Å². The highest BCUT2D eigenvalue weighted by atomic mass is 19.4. The molecule has 30 heavy (non-hydrogen) atoms.